The maximum Gasteiger partial charge on any atom is 0.110 e. The van der Waals surface area contributed by atoms with E-state index in [-0.39, 0.29) is 0 Å². The van der Waals surface area contributed by atoms with Crippen LogP contribution in [0, 0.1) is 19.8 Å². The van der Waals surface area contributed by atoms with Gasteiger partial charge >= 0.3 is 0 Å². The van der Waals surface area contributed by atoms with Gasteiger partial charge in [-0.2, -0.15) is 0 Å². The maximum absolute atomic E-state index is 4.69. The lowest BCUT2D eigenvalue weighted by molar-refractivity contribution is 0.350. The van der Waals surface area contributed by atoms with E-state index in [1.54, 1.807) is 0 Å². The van der Waals surface area contributed by atoms with E-state index in [1.165, 1.54) is 22.0 Å². The highest BCUT2D eigenvalue weighted by Gasteiger charge is 2.22. The molecule has 2 unspecified atom stereocenters. The molecule has 2 nitrogen and oxygen atoms in total. The van der Waals surface area contributed by atoms with Crippen molar-refractivity contribution < 1.29 is 0 Å². The third-order valence-corrected chi connectivity index (χ3v) is 4.19. The van der Waals surface area contributed by atoms with E-state index < -0.39 is 0 Å². The third kappa shape index (κ3) is 3.29. The van der Waals surface area contributed by atoms with Gasteiger partial charge in [-0.25, -0.2) is 4.98 Å². The summed E-state index contributed by atoms with van der Waals surface area (Å²) in [6.45, 7) is 13.2. The van der Waals surface area contributed by atoms with Crippen molar-refractivity contribution in [3.05, 3.63) is 15.6 Å². The number of rotatable bonds is 5. The molecule has 0 bridgehead atoms. The zero-order chi connectivity index (χ0) is 12.3. The summed E-state index contributed by atoms with van der Waals surface area (Å²) in [6.07, 6.45) is 1.18. The van der Waals surface area contributed by atoms with Crippen LogP contribution in [0.5, 0.6) is 0 Å². The largest absolute Gasteiger partial charge is 0.305 e. The van der Waals surface area contributed by atoms with Gasteiger partial charge in [0.25, 0.3) is 0 Å². The van der Waals surface area contributed by atoms with Crippen molar-refractivity contribution in [2.75, 3.05) is 0 Å². The van der Waals surface area contributed by atoms with Gasteiger partial charge in [-0.05, 0) is 19.8 Å². The van der Waals surface area contributed by atoms with E-state index in [1.807, 2.05) is 11.3 Å². The summed E-state index contributed by atoms with van der Waals surface area (Å²) in [4.78, 5) is 6.03. The van der Waals surface area contributed by atoms with Crippen LogP contribution >= 0.6 is 11.3 Å². The Morgan fingerprint density at radius 2 is 1.88 bits per heavy atom. The van der Waals surface area contributed by atoms with Crippen LogP contribution in [-0.4, -0.2) is 11.0 Å². The van der Waals surface area contributed by atoms with Crippen molar-refractivity contribution in [3.63, 3.8) is 0 Å². The number of hydrogen-bond acceptors (Lipinski definition) is 3. The number of nitrogens with zero attached hydrogens (tertiary/aromatic N) is 1. The van der Waals surface area contributed by atoms with E-state index in [0.29, 0.717) is 18.0 Å². The van der Waals surface area contributed by atoms with Crippen molar-refractivity contribution in [3.8, 4) is 0 Å². The molecule has 0 saturated heterocycles. The molecule has 0 aliphatic rings. The highest BCUT2D eigenvalue weighted by Crippen LogP contribution is 2.29. The van der Waals surface area contributed by atoms with Gasteiger partial charge < -0.3 is 5.32 Å². The highest BCUT2D eigenvalue weighted by atomic mass is 32.1. The number of thiazole rings is 1. The van der Waals surface area contributed by atoms with Crippen molar-refractivity contribution >= 4 is 11.3 Å². The van der Waals surface area contributed by atoms with Crippen LogP contribution in [0.1, 0.15) is 55.7 Å². The summed E-state index contributed by atoms with van der Waals surface area (Å²) >= 11 is 1.83. The van der Waals surface area contributed by atoms with Crippen LogP contribution in [0.4, 0.5) is 0 Å². The Hall–Kier alpha value is -0.410. The van der Waals surface area contributed by atoms with Gasteiger partial charge in [-0.1, -0.05) is 34.1 Å². The molecular formula is C13H24N2S. The molecule has 1 aromatic rings. The number of aromatic nitrogens is 1. The number of hydrogen-bond donors (Lipinski definition) is 1. The first-order chi connectivity index (χ1) is 7.45. The number of aryl methyl sites for hydroxylation is 2. The Bertz CT molecular complexity index is 311. The third-order valence-electron chi connectivity index (χ3n) is 3.04. The molecule has 2 atom stereocenters. The molecule has 0 amide bonds. The highest BCUT2D eigenvalue weighted by molar-refractivity contribution is 7.11. The van der Waals surface area contributed by atoms with Gasteiger partial charge in [0.05, 0.1) is 11.7 Å². The molecular weight excluding hydrogens is 216 g/mol. The quantitative estimate of drug-likeness (QED) is 0.845. The average Bonchev–Trinajstić information content (AvgIpc) is 2.54. The second-order valence-electron chi connectivity index (χ2n) is 4.88. The average molecular weight is 240 g/mol. The second kappa shape index (κ2) is 5.78. The molecule has 0 spiro atoms. The molecule has 16 heavy (non-hydrogen) atoms. The predicted molar refractivity (Wildman–Crippen MR) is 72.1 cm³/mol. The van der Waals surface area contributed by atoms with Gasteiger partial charge in [0.15, 0.2) is 0 Å². The lowest BCUT2D eigenvalue weighted by Crippen LogP contribution is -2.32. The minimum Gasteiger partial charge on any atom is -0.305 e. The standard InChI is InChI=1S/C13H24N2S/c1-7-9(4)12(14-8(2)3)13-15-10(5)11(6)16-13/h8-9,12,14H,7H2,1-6H3. The SMILES string of the molecule is CCC(C)C(NC(C)C)c1nc(C)c(C)s1. The van der Waals surface area contributed by atoms with Crippen LogP contribution in [0.15, 0.2) is 0 Å². The van der Waals surface area contributed by atoms with Crippen molar-refractivity contribution in [2.24, 2.45) is 5.92 Å². The first kappa shape index (κ1) is 13.7. The molecule has 0 aliphatic carbocycles. The first-order valence-corrected chi connectivity index (χ1v) is 6.97. The van der Waals surface area contributed by atoms with Gasteiger partial charge in [-0.3, -0.25) is 0 Å². The summed E-state index contributed by atoms with van der Waals surface area (Å²) in [7, 11) is 0. The van der Waals surface area contributed by atoms with Crippen LogP contribution in [-0.2, 0) is 0 Å². The molecule has 3 heteroatoms. The minimum atomic E-state index is 0.405. The molecule has 0 radical (unpaired) electrons. The molecule has 1 rings (SSSR count). The zero-order valence-electron chi connectivity index (χ0n) is 11.3. The Labute approximate surface area is 103 Å². The van der Waals surface area contributed by atoms with Crippen molar-refractivity contribution in [1.82, 2.24) is 10.3 Å². The molecule has 0 aromatic carbocycles. The molecule has 1 heterocycles. The summed E-state index contributed by atoms with van der Waals surface area (Å²) in [5.41, 5.74) is 1.18. The summed E-state index contributed by atoms with van der Waals surface area (Å²) in [5.74, 6) is 0.632. The monoisotopic (exact) mass is 240 g/mol. The molecule has 0 saturated carbocycles. The second-order valence-corrected chi connectivity index (χ2v) is 6.11. The molecule has 1 aromatic heterocycles. The number of nitrogens with one attached hydrogen (secondary N) is 1. The van der Waals surface area contributed by atoms with Gasteiger partial charge in [-0.15, -0.1) is 11.3 Å². The Balaban J connectivity index is 2.91. The van der Waals surface area contributed by atoms with Gasteiger partial charge in [0, 0.05) is 10.9 Å². The smallest absolute Gasteiger partial charge is 0.110 e. The van der Waals surface area contributed by atoms with E-state index in [4.69, 9.17) is 0 Å². The van der Waals surface area contributed by atoms with Crippen LogP contribution in [0.25, 0.3) is 0 Å². The van der Waals surface area contributed by atoms with E-state index >= 15 is 0 Å². The lowest BCUT2D eigenvalue weighted by atomic mass is 9.99. The van der Waals surface area contributed by atoms with Crippen molar-refractivity contribution in [1.29, 1.82) is 0 Å². The first-order valence-electron chi connectivity index (χ1n) is 6.15. The lowest BCUT2D eigenvalue weighted by Gasteiger charge is -2.24. The van der Waals surface area contributed by atoms with Gasteiger partial charge in [0.2, 0.25) is 0 Å². The van der Waals surface area contributed by atoms with Crippen molar-refractivity contribution in [2.45, 2.75) is 60.0 Å². The summed E-state index contributed by atoms with van der Waals surface area (Å²) < 4.78 is 0. The Kier molecular flexibility index (Phi) is 4.93. The Morgan fingerprint density at radius 1 is 1.25 bits per heavy atom. The molecule has 1 N–H and O–H groups in total. The van der Waals surface area contributed by atoms with Crippen LogP contribution in [0.2, 0.25) is 0 Å². The minimum absolute atomic E-state index is 0.405. The molecule has 0 aliphatic heterocycles. The topological polar surface area (TPSA) is 24.9 Å². The van der Waals surface area contributed by atoms with E-state index in [9.17, 15) is 0 Å². The summed E-state index contributed by atoms with van der Waals surface area (Å²) in [6, 6.07) is 0.908. The zero-order valence-corrected chi connectivity index (χ0v) is 12.1. The van der Waals surface area contributed by atoms with Crippen LogP contribution < -0.4 is 5.32 Å². The van der Waals surface area contributed by atoms with Gasteiger partial charge in [0.1, 0.15) is 5.01 Å². The Morgan fingerprint density at radius 3 is 2.25 bits per heavy atom. The summed E-state index contributed by atoms with van der Waals surface area (Å²) in [5, 5.41) is 4.88. The van der Waals surface area contributed by atoms with E-state index in [0.717, 1.165) is 0 Å². The maximum atomic E-state index is 4.69. The molecule has 92 valence electrons. The molecule has 0 fully saturated rings. The predicted octanol–water partition coefficient (Wildman–Crippen LogP) is 3.85. The fraction of sp³-hybridized carbons (Fsp3) is 0.769. The van der Waals surface area contributed by atoms with E-state index in [2.05, 4.69) is 51.8 Å². The van der Waals surface area contributed by atoms with Crippen LogP contribution in [0.3, 0.4) is 0 Å². The fourth-order valence-corrected chi connectivity index (χ4v) is 2.82. The normalized spacial score (nSPS) is 15.4. The fourth-order valence-electron chi connectivity index (χ4n) is 1.70.